The summed E-state index contributed by atoms with van der Waals surface area (Å²) >= 11 is 0. The van der Waals surface area contributed by atoms with Gasteiger partial charge < -0.3 is 15.5 Å². The number of ether oxygens (including phenoxy) is 1. The molecule has 4 N–H and O–H groups in total. The smallest absolute Gasteiger partial charge is 0.318 e. The average Bonchev–Trinajstić information content (AvgIpc) is 2.50. The Morgan fingerprint density at radius 1 is 1.26 bits per heavy atom. The van der Waals surface area contributed by atoms with E-state index in [1.54, 1.807) is 29.6 Å². The molecule has 1 heterocycles. The molecule has 0 aliphatic rings. The molecule has 0 spiro atoms. The van der Waals surface area contributed by atoms with Crippen molar-refractivity contribution in [2.24, 2.45) is 5.73 Å². The Morgan fingerprint density at radius 3 is 2.74 bits per heavy atom. The molecular weight excluding hydrogens is 304 g/mol. The third-order valence-corrected chi connectivity index (χ3v) is 2.85. The first-order chi connectivity index (χ1) is 11.0. The molecule has 9 heteroatoms. The molecule has 1 aromatic heterocycles. The van der Waals surface area contributed by atoms with Gasteiger partial charge in [-0.15, -0.1) is 0 Å². The molecule has 0 saturated heterocycles. The molecule has 0 atom stereocenters. The van der Waals surface area contributed by atoms with Crippen LogP contribution in [0.3, 0.4) is 0 Å². The molecular formula is C14H14N4O5. The summed E-state index contributed by atoms with van der Waals surface area (Å²) in [5.74, 6) is -1.14. The molecule has 0 aliphatic heterocycles. The van der Waals surface area contributed by atoms with Crippen molar-refractivity contribution in [3.8, 4) is 0 Å². The summed E-state index contributed by atoms with van der Waals surface area (Å²) < 4.78 is 4.67. The van der Waals surface area contributed by atoms with Crippen molar-refractivity contribution in [1.82, 2.24) is 15.3 Å². The number of aryl methyl sites for hydroxylation is 1. The number of para-hydroxylation sites is 1. The third kappa shape index (κ3) is 4.63. The minimum absolute atomic E-state index is 0.0782. The fraction of sp³-hybridized carbons (Fsp3) is 0.214. The maximum absolute atomic E-state index is 11.9. The van der Waals surface area contributed by atoms with E-state index in [2.05, 4.69) is 14.7 Å². The Bertz CT molecular complexity index is 814. The number of amides is 3. The number of benzene rings is 1. The Kier molecular flexibility index (Phi) is 5.03. The van der Waals surface area contributed by atoms with E-state index < -0.39 is 24.5 Å². The van der Waals surface area contributed by atoms with E-state index in [1.165, 1.54) is 0 Å². The number of fused-ring (bicyclic) bond motifs is 1. The van der Waals surface area contributed by atoms with Crippen molar-refractivity contribution in [3.63, 3.8) is 0 Å². The van der Waals surface area contributed by atoms with Crippen LogP contribution < -0.4 is 16.6 Å². The number of carbonyl (C=O) groups excluding carboxylic acids is 3. The fourth-order valence-corrected chi connectivity index (χ4v) is 1.87. The summed E-state index contributed by atoms with van der Waals surface area (Å²) in [6.07, 6.45) is 0.0709. The number of imide groups is 1. The lowest BCUT2D eigenvalue weighted by atomic mass is 10.2. The molecule has 0 saturated carbocycles. The molecule has 0 bridgehead atoms. The molecule has 23 heavy (non-hydrogen) atoms. The number of hydrogen-bond donors (Lipinski definition) is 3. The van der Waals surface area contributed by atoms with Gasteiger partial charge in [0.1, 0.15) is 5.82 Å². The van der Waals surface area contributed by atoms with Crippen LogP contribution in [0.15, 0.2) is 29.1 Å². The van der Waals surface area contributed by atoms with Crippen LogP contribution in [0.2, 0.25) is 0 Å². The van der Waals surface area contributed by atoms with Crippen molar-refractivity contribution < 1.29 is 19.1 Å². The first-order valence-corrected chi connectivity index (χ1v) is 6.68. The van der Waals surface area contributed by atoms with E-state index in [9.17, 15) is 19.2 Å². The van der Waals surface area contributed by atoms with Gasteiger partial charge in [-0.05, 0) is 12.1 Å². The lowest BCUT2D eigenvalue weighted by Crippen LogP contribution is -2.37. The normalized spacial score (nSPS) is 10.3. The van der Waals surface area contributed by atoms with Gasteiger partial charge >= 0.3 is 12.0 Å². The number of aromatic amines is 1. The Balaban J connectivity index is 1.91. The minimum Gasteiger partial charge on any atom is -0.456 e. The molecule has 2 rings (SSSR count). The van der Waals surface area contributed by atoms with Crippen LogP contribution in [0.5, 0.6) is 0 Å². The van der Waals surface area contributed by atoms with Gasteiger partial charge in [0.25, 0.3) is 11.5 Å². The van der Waals surface area contributed by atoms with Crippen molar-refractivity contribution in [1.29, 1.82) is 0 Å². The number of nitrogens with two attached hydrogens (primary N) is 1. The van der Waals surface area contributed by atoms with Gasteiger partial charge in [0.15, 0.2) is 6.61 Å². The fourth-order valence-electron chi connectivity index (χ4n) is 1.87. The van der Waals surface area contributed by atoms with Gasteiger partial charge in [-0.1, -0.05) is 12.1 Å². The number of esters is 1. The number of H-pyrrole nitrogens is 1. The summed E-state index contributed by atoms with van der Waals surface area (Å²) in [5.41, 5.74) is 4.98. The lowest BCUT2D eigenvalue weighted by molar-refractivity contribution is -0.148. The number of carbonyl (C=O) groups is 3. The van der Waals surface area contributed by atoms with Crippen LogP contribution in [0.4, 0.5) is 4.79 Å². The van der Waals surface area contributed by atoms with Crippen LogP contribution >= 0.6 is 0 Å². The van der Waals surface area contributed by atoms with Crippen molar-refractivity contribution >= 4 is 28.8 Å². The average molecular weight is 318 g/mol. The van der Waals surface area contributed by atoms with Gasteiger partial charge in [0, 0.05) is 6.42 Å². The molecule has 1 aromatic carbocycles. The summed E-state index contributed by atoms with van der Waals surface area (Å²) in [4.78, 5) is 51.7. The topological polar surface area (TPSA) is 144 Å². The maximum Gasteiger partial charge on any atom is 0.318 e. The first-order valence-electron chi connectivity index (χ1n) is 6.68. The largest absolute Gasteiger partial charge is 0.456 e. The van der Waals surface area contributed by atoms with Gasteiger partial charge in [0.2, 0.25) is 0 Å². The Labute approximate surface area is 129 Å². The number of nitrogens with zero attached hydrogens (tertiary/aromatic N) is 1. The number of hydrogen-bond acceptors (Lipinski definition) is 6. The molecule has 0 unspecified atom stereocenters. The van der Waals surface area contributed by atoms with E-state index in [0.29, 0.717) is 16.7 Å². The van der Waals surface area contributed by atoms with E-state index in [0.717, 1.165) is 0 Å². The van der Waals surface area contributed by atoms with E-state index >= 15 is 0 Å². The van der Waals surface area contributed by atoms with Crippen LogP contribution in [0, 0.1) is 0 Å². The second-order valence-electron chi connectivity index (χ2n) is 4.60. The molecule has 0 aliphatic carbocycles. The standard InChI is InChI=1S/C14H14N4O5/c15-14(22)18-11(19)7-23-12(20)6-5-10-16-9-4-2-1-3-8(9)13(21)17-10/h1-4H,5-7H2,(H,16,17,21)(H3,15,18,19,22). The monoisotopic (exact) mass is 318 g/mol. The summed E-state index contributed by atoms with van der Waals surface area (Å²) in [6, 6.07) is 5.80. The van der Waals surface area contributed by atoms with Crippen molar-refractivity contribution in [2.75, 3.05) is 6.61 Å². The summed E-state index contributed by atoms with van der Waals surface area (Å²) in [6.45, 7) is -0.608. The van der Waals surface area contributed by atoms with E-state index in [-0.39, 0.29) is 18.4 Å². The molecule has 0 radical (unpaired) electrons. The summed E-state index contributed by atoms with van der Waals surface area (Å²) in [5, 5.41) is 2.22. The zero-order chi connectivity index (χ0) is 16.8. The third-order valence-electron chi connectivity index (χ3n) is 2.85. The Morgan fingerprint density at radius 2 is 2.00 bits per heavy atom. The highest BCUT2D eigenvalue weighted by Crippen LogP contribution is 2.06. The number of aromatic nitrogens is 2. The molecule has 2 aromatic rings. The SMILES string of the molecule is NC(=O)NC(=O)COC(=O)CCc1nc2ccccc2c(=O)[nH]1. The predicted molar refractivity (Wildman–Crippen MR) is 79.4 cm³/mol. The second-order valence-corrected chi connectivity index (χ2v) is 4.60. The molecule has 0 fully saturated rings. The highest BCUT2D eigenvalue weighted by Gasteiger charge is 2.10. The summed E-state index contributed by atoms with van der Waals surface area (Å²) in [7, 11) is 0. The number of urea groups is 1. The van der Waals surface area contributed by atoms with Crippen molar-refractivity contribution in [3.05, 3.63) is 40.4 Å². The number of rotatable bonds is 5. The zero-order valence-corrected chi connectivity index (χ0v) is 12.0. The molecule has 3 amide bonds. The second kappa shape index (κ2) is 7.16. The van der Waals surface area contributed by atoms with Gasteiger partial charge in [-0.2, -0.15) is 0 Å². The predicted octanol–water partition coefficient (Wildman–Crippen LogP) is -0.406. The van der Waals surface area contributed by atoms with E-state index in [1.807, 2.05) is 0 Å². The number of nitrogens with one attached hydrogen (secondary N) is 2. The van der Waals surface area contributed by atoms with E-state index in [4.69, 9.17) is 5.73 Å². The molecule has 120 valence electrons. The van der Waals surface area contributed by atoms with Crippen molar-refractivity contribution in [2.45, 2.75) is 12.8 Å². The Hall–Kier alpha value is -3.23. The highest BCUT2D eigenvalue weighted by atomic mass is 16.5. The number of primary amides is 1. The molecule has 9 nitrogen and oxygen atoms in total. The highest BCUT2D eigenvalue weighted by molar-refractivity contribution is 5.94. The minimum atomic E-state index is -1.02. The zero-order valence-electron chi connectivity index (χ0n) is 12.0. The van der Waals surface area contributed by atoms with Crippen LogP contribution in [-0.2, 0) is 20.7 Å². The van der Waals surface area contributed by atoms with Gasteiger partial charge in [-0.25, -0.2) is 9.78 Å². The first kappa shape index (κ1) is 16.1. The van der Waals surface area contributed by atoms with Crippen LogP contribution in [0.1, 0.15) is 12.2 Å². The van der Waals surface area contributed by atoms with Gasteiger partial charge in [-0.3, -0.25) is 19.7 Å². The van der Waals surface area contributed by atoms with Crippen LogP contribution in [-0.4, -0.2) is 34.5 Å². The lowest BCUT2D eigenvalue weighted by Gasteiger charge is -2.05. The quantitative estimate of drug-likeness (QED) is 0.639. The maximum atomic E-state index is 11.9. The van der Waals surface area contributed by atoms with Crippen LogP contribution in [0.25, 0.3) is 10.9 Å². The van der Waals surface area contributed by atoms with Gasteiger partial charge in [0.05, 0.1) is 17.3 Å².